The summed E-state index contributed by atoms with van der Waals surface area (Å²) in [5.74, 6) is 0. The van der Waals surface area contributed by atoms with Crippen LogP contribution in [0, 0.1) is 0 Å². The average Bonchev–Trinajstić information content (AvgIpc) is 2.63. The van der Waals surface area contributed by atoms with Gasteiger partial charge < -0.3 is 5.32 Å². The van der Waals surface area contributed by atoms with Crippen LogP contribution >= 0.6 is 0 Å². The van der Waals surface area contributed by atoms with E-state index in [1.807, 2.05) is 12.1 Å². The molecule has 0 bridgehead atoms. The van der Waals surface area contributed by atoms with E-state index in [2.05, 4.69) is 97.2 Å². The highest BCUT2D eigenvalue weighted by Gasteiger charge is 2.09. The number of anilines is 1. The minimum absolute atomic E-state index is 0.138. The van der Waals surface area contributed by atoms with Crippen LogP contribution in [0.3, 0.4) is 0 Å². The summed E-state index contributed by atoms with van der Waals surface area (Å²) in [6.07, 6.45) is 2.29. The summed E-state index contributed by atoms with van der Waals surface area (Å²) in [6.45, 7) is 2.16. The lowest BCUT2D eigenvalue weighted by molar-refractivity contribution is 0.985. The summed E-state index contributed by atoms with van der Waals surface area (Å²) in [6, 6.07) is 31.5. The first kappa shape index (κ1) is 15.1. The zero-order valence-electron chi connectivity index (χ0n) is 13.3. The third-order valence-corrected chi connectivity index (χ3v) is 3.90. The van der Waals surface area contributed by atoms with Crippen LogP contribution in [0.1, 0.15) is 24.1 Å². The van der Waals surface area contributed by atoms with E-state index in [1.54, 1.807) is 0 Å². The van der Waals surface area contributed by atoms with Crippen molar-refractivity contribution < 1.29 is 0 Å². The Morgan fingerprint density at radius 3 is 1.87 bits per heavy atom. The molecule has 3 aromatic carbocycles. The molecule has 1 nitrogen and oxygen atoms in total. The van der Waals surface area contributed by atoms with E-state index < -0.39 is 0 Å². The van der Waals surface area contributed by atoms with E-state index in [0.717, 1.165) is 5.69 Å². The SMILES string of the molecule is C/C(=C\C(Nc1ccccc1)c1ccccc1)c1ccccc1. The van der Waals surface area contributed by atoms with Gasteiger partial charge in [0, 0.05) is 5.69 Å². The maximum absolute atomic E-state index is 3.62. The highest BCUT2D eigenvalue weighted by Crippen LogP contribution is 2.25. The molecule has 1 unspecified atom stereocenters. The molecule has 0 amide bonds. The van der Waals surface area contributed by atoms with Crippen molar-refractivity contribution in [1.29, 1.82) is 0 Å². The van der Waals surface area contributed by atoms with Gasteiger partial charge in [-0.1, -0.05) is 84.9 Å². The molecule has 0 saturated heterocycles. The maximum Gasteiger partial charge on any atom is 0.0703 e. The zero-order valence-corrected chi connectivity index (χ0v) is 13.3. The summed E-state index contributed by atoms with van der Waals surface area (Å²) < 4.78 is 0. The molecular weight excluding hydrogens is 278 g/mol. The molecule has 1 atom stereocenters. The van der Waals surface area contributed by atoms with E-state index >= 15 is 0 Å². The first-order valence-corrected chi connectivity index (χ1v) is 7.93. The Hall–Kier alpha value is -2.80. The second kappa shape index (κ2) is 7.46. The van der Waals surface area contributed by atoms with Crippen molar-refractivity contribution in [3.63, 3.8) is 0 Å². The molecule has 0 spiro atoms. The highest BCUT2D eigenvalue weighted by molar-refractivity contribution is 5.65. The van der Waals surface area contributed by atoms with Crippen molar-refractivity contribution in [2.24, 2.45) is 0 Å². The van der Waals surface area contributed by atoms with E-state index in [9.17, 15) is 0 Å². The maximum atomic E-state index is 3.62. The number of nitrogens with one attached hydrogen (secondary N) is 1. The lowest BCUT2D eigenvalue weighted by Gasteiger charge is -2.18. The molecule has 0 radical (unpaired) electrons. The normalized spacial score (nSPS) is 12.7. The molecule has 0 saturated carbocycles. The molecule has 0 aromatic heterocycles. The van der Waals surface area contributed by atoms with Crippen LogP contribution in [0.25, 0.3) is 5.57 Å². The van der Waals surface area contributed by atoms with Crippen molar-refractivity contribution in [3.05, 3.63) is 108 Å². The molecular formula is C22H21N. The van der Waals surface area contributed by atoms with Crippen LogP contribution in [0.15, 0.2) is 97.1 Å². The highest BCUT2D eigenvalue weighted by atomic mass is 14.9. The average molecular weight is 299 g/mol. The summed E-state index contributed by atoms with van der Waals surface area (Å²) in [5.41, 5.74) is 4.90. The number of hydrogen-bond acceptors (Lipinski definition) is 1. The van der Waals surface area contributed by atoms with Crippen LogP contribution in [-0.4, -0.2) is 0 Å². The number of allylic oxidation sites excluding steroid dienone is 1. The van der Waals surface area contributed by atoms with Crippen molar-refractivity contribution in [2.45, 2.75) is 13.0 Å². The Morgan fingerprint density at radius 1 is 0.739 bits per heavy atom. The smallest absolute Gasteiger partial charge is 0.0703 e. The van der Waals surface area contributed by atoms with Crippen molar-refractivity contribution >= 4 is 11.3 Å². The molecule has 0 aliphatic carbocycles. The van der Waals surface area contributed by atoms with E-state index in [-0.39, 0.29) is 6.04 Å². The molecule has 23 heavy (non-hydrogen) atoms. The van der Waals surface area contributed by atoms with Crippen LogP contribution in [-0.2, 0) is 0 Å². The monoisotopic (exact) mass is 299 g/mol. The quantitative estimate of drug-likeness (QED) is 0.614. The Morgan fingerprint density at radius 2 is 1.26 bits per heavy atom. The fourth-order valence-electron chi connectivity index (χ4n) is 2.64. The fraction of sp³-hybridized carbons (Fsp3) is 0.0909. The third-order valence-electron chi connectivity index (χ3n) is 3.90. The molecule has 3 aromatic rings. The Balaban J connectivity index is 1.92. The number of benzene rings is 3. The second-order valence-electron chi connectivity index (χ2n) is 5.61. The summed E-state index contributed by atoms with van der Waals surface area (Å²) >= 11 is 0. The van der Waals surface area contributed by atoms with Crippen LogP contribution < -0.4 is 5.32 Å². The fourth-order valence-corrected chi connectivity index (χ4v) is 2.64. The molecule has 1 N–H and O–H groups in total. The standard InChI is InChI=1S/C22H21N/c1-18(19-11-5-2-6-12-19)17-22(20-13-7-3-8-14-20)23-21-15-9-4-10-16-21/h2-17,22-23H,1H3/b18-17+. The lowest BCUT2D eigenvalue weighted by Crippen LogP contribution is -2.08. The summed E-state index contributed by atoms with van der Waals surface area (Å²) in [4.78, 5) is 0. The van der Waals surface area contributed by atoms with Gasteiger partial charge in [0.1, 0.15) is 0 Å². The third kappa shape index (κ3) is 4.10. The molecule has 114 valence electrons. The summed E-state index contributed by atoms with van der Waals surface area (Å²) in [5, 5.41) is 3.62. The van der Waals surface area contributed by atoms with Gasteiger partial charge in [-0.25, -0.2) is 0 Å². The Bertz CT molecular complexity index is 746. The minimum atomic E-state index is 0.138. The molecule has 3 rings (SSSR count). The predicted octanol–water partition coefficient (Wildman–Crippen LogP) is 5.94. The Kier molecular flexibility index (Phi) is 4.90. The lowest BCUT2D eigenvalue weighted by atomic mass is 10.00. The van der Waals surface area contributed by atoms with Crippen molar-refractivity contribution in [2.75, 3.05) is 5.32 Å². The minimum Gasteiger partial charge on any atom is -0.375 e. The molecule has 0 aliphatic heterocycles. The van der Waals surface area contributed by atoms with Crippen molar-refractivity contribution in [3.8, 4) is 0 Å². The van der Waals surface area contributed by atoms with E-state index in [4.69, 9.17) is 0 Å². The second-order valence-corrected chi connectivity index (χ2v) is 5.61. The summed E-state index contributed by atoms with van der Waals surface area (Å²) in [7, 11) is 0. The number of rotatable bonds is 5. The van der Waals surface area contributed by atoms with Gasteiger partial charge in [0.2, 0.25) is 0 Å². The van der Waals surface area contributed by atoms with Gasteiger partial charge in [0.25, 0.3) is 0 Å². The van der Waals surface area contributed by atoms with Gasteiger partial charge >= 0.3 is 0 Å². The molecule has 0 fully saturated rings. The van der Waals surface area contributed by atoms with Gasteiger partial charge in [0.05, 0.1) is 6.04 Å². The number of para-hydroxylation sites is 1. The number of hydrogen-bond donors (Lipinski definition) is 1. The van der Waals surface area contributed by atoms with E-state index in [0.29, 0.717) is 0 Å². The van der Waals surface area contributed by atoms with E-state index in [1.165, 1.54) is 16.7 Å². The first-order chi connectivity index (χ1) is 11.3. The predicted molar refractivity (Wildman–Crippen MR) is 99.3 cm³/mol. The topological polar surface area (TPSA) is 12.0 Å². The molecule has 0 heterocycles. The largest absolute Gasteiger partial charge is 0.375 e. The van der Waals surface area contributed by atoms with Crippen LogP contribution in [0.2, 0.25) is 0 Å². The van der Waals surface area contributed by atoms with Gasteiger partial charge in [-0.15, -0.1) is 0 Å². The van der Waals surface area contributed by atoms with Crippen LogP contribution in [0.5, 0.6) is 0 Å². The van der Waals surface area contributed by atoms with Crippen molar-refractivity contribution in [1.82, 2.24) is 0 Å². The van der Waals surface area contributed by atoms with Gasteiger partial charge in [-0.3, -0.25) is 0 Å². The van der Waals surface area contributed by atoms with Crippen LogP contribution in [0.4, 0.5) is 5.69 Å². The zero-order chi connectivity index (χ0) is 15.9. The van der Waals surface area contributed by atoms with Gasteiger partial charge in [-0.2, -0.15) is 0 Å². The Labute approximate surface area is 138 Å². The first-order valence-electron chi connectivity index (χ1n) is 7.93. The van der Waals surface area contributed by atoms with Gasteiger partial charge in [-0.05, 0) is 35.8 Å². The molecule has 1 heteroatoms. The molecule has 0 aliphatic rings. The van der Waals surface area contributed by atoms with Gasteiger partial charge in [0.15, 0.2) is 0 Å².